The van der Waals surface area contributed by atoms with Gasteiger partial charge >= 0.3 is 0 Å². The van der Waals surface area contributed by atoms with E-state index in [2.05, 4.69) is 10.3 Å². The summed E-state index contributed by atoms with van der Waals surface area (Å²) in [7, 11) is 1.57. The number of rotatable bonds is 3. The lowest BCUT2D eigenvalue weighted by Gasteiger charge is -2.21. The number of hydrogen-bond acceptors (Lipinski definition) is 4. The number of methoxy groups -OCH3 is 1. The predicted octanol–water partition coefficient (Wildman–Crippen LogP) is 3.35. The highest BCUT2D eigenvalue weighted by Gasteiger charge is 2.27. The van der Waals surface area contributed by atoms with Gasteiger partial charge in [0.25, 0.3) is 0 Å². The normalized spacial score (nSPS) is 11.5. The Hall–Kier alpha value is -1.88. The Bertz CT molecular complexity index is 687. The third kappa shape index (κ3) is 2.78. The van der Waals surface area contributed by atoms with E-state index in [9.17, 15) is 4.79 Å². The van der Waals surface area contributed by atoms with Gasteiger partial charge in [-0.15, -0.1) is 5.10 Å². The molecule has 0 spiro atoms. The molecule has 0 radical (unpaired) electrons. The Kier molecular flexibility index (Phi) is 4.05. The van der Waals surface area contributed by atoms with E-state index in [-0.39, 0.29) is 5.41 Å². The van der Waals surface area contributed by atoms with Crippen molar-refractivity contribution in [3.8, 4) is 11.4 Å². The smallest absolute Gasteiger partial charge is 0.172 e. The molecule has 2 aromatic rings. The molecule has 112 valence electrons. The summed E-state index contributed by atoms with van der Waals surface area (Å²) in [6.07, 6.45) is 0.722. The van der Waals surface area contributed by atoms with Gasteiger partial charge in [0.15, 0.2) is 6.29 Å². The summed E-state index contributed by atoms with van der Waals surface area (Å²) in [6, 6.07) is 3.61. The number of benzene rings is 1. The van der Waals surface area contributed by atoms with Crippen LogP contribution in [0.15, 0.2) is 12.1 Å². The van der Waals surface area contributed by atoms with Crippen LogP contribution in [0.2, 0.25) is 5.02 Å². The van der Waals surface area contributed by atoms with E-state index in [4.69, 9.17) is 16.3 Å². The van der Waals surface area contributed by atoms with Gasteiger partial charge in [-0.05, 0) is 18.6 Å². The number of halogens is 1. The van der Waals surface area contributed by atoms with Crippen LogP contribution in [0.5, 0.6) is 5.75 Å². The fourth-order valence-corrected chi connectivity index (χ4v) is 2.37. The molecule has 0 aliphatic heterocycles. The van der Waals surface area contributed by atoms with Gasteiger partial charge in [-0.2, -0.15) is 0 Å². The van der Waals surface area contributed by atoms with Crippen LogP contribution in [0.4, 0.5) is 0 Å². The van der Waals surface area contributed by atoms with E-state index < -0.39 is 0 Å². The molecule has 1 aromatic heterocycles. The van der Waals surface area contributed by atoms with Crippen LogP contribution in [0.25, 0.3) is 5.69 Å². The second kappa shape index (κ2) is 5.48. The molecule has 6 heteroatoms. The van der Waals surface area contributed by atoms with Gasteiger partial charge in [0.2, 0.25) is 0 Å². The first kappa shape index (κ1) is 15.5. The summed E-state index contributed by atoms with van der Waals surface area (Å²) in [5.74, 6) is 0.582. The molecule has 5 nitrogen and oxygen atoms in total. The molecule has 2 rings (SSSR count). The van der Waals surface area contributed by atoms with Gasteiger partial charge in [-0.3, -0.25) is 4.79 Å². The van der Waals surface area contributed by atoms with Gasteiger partial charge in [0.05, 0.1) is 12.8 Å². The molecule has 0 N–H and O–H groups in total. The van der Waals surface area contributed by atoms with Crippen molar-refractivity contribution < 1.29 is 9.53 Å². The van der Waals surface area contributed by atoms with Crippen LogP contribution in [0, 0.1) is 6.92 Å². The van der Waals surface area contributed by atoms with Crippen molar-refractivity contribution in [1.29, 1.82) is 0 Å². The molecule has 0 atom stereocenters. The van der Waals surface area contributed by atoms with Gasteiger partial charge < -0.3 is 4.74 Å². The first-order valence-corrected chi connectivity index (χ1v) is 6.93. The zero-order valence-corrected chi connectivity index (χ0v) is 13.5. The molecule has 1 aromatic carbocycles. The highest BCUT2D eigenvalue weighted by molar-refractivity contribution is 6.31. The van der Waals surface area contributed by atoms with E-state index in [0.717, 1.165) is 17.5 Å². The van der Waals surface area contributed by atoms with Crippen LogP contribution in [-0.4, -0.2) is 28.4 Å². The maximum absolute atomic E-state index is 11.2. The second-order valence-corrected chi connectivity index (χ2v) is 6.28. The van der Waals surface area contributed by atoms with Crippen molar-refractivity contribution >= 4 is 17.9 Å². The summed E-state index contributed by atoms with van der Waals surface area (Å²) in [5.41, 5.74) is 2.38. The van der Waals surface area contributed by atoms with E-state index >= 15 is 0 Å². The van der Waals surface area contributed by atoms with E-state index in [1.807, 2.05) is 33.8 Å². The lowest BCUT2D eigenvalue weighted by molar-refractivity contribution is 0.111. The molecule has 1 heterocycles. The Morgan fingerprint density at radius 2 is 2.00 bits per heavy atom. The molecule has 0 saturated carbocycles. The summed E-state index contributed by atoms with van der Waals surface area (Å²) < 4.78 is 7.03. The third-order valence-electron chi connectivity index (χ3n) is 3.21. The number of hydrogen-bond donors (Lipinski definition) is 0. The van der Waals surface area contributed by atoms with E-state index in [0.29, 0.717) is 22.2 Å². The minimum absolute atomic E-state index is 0.293. The van der Waals surface area contributed by atoms with Gasteiger partial charge in [0, 0.05) is 16.5 Å². The number of aryl methyl sites for hydroxylation is 1. The molecule has 0 aliphatic rings. The lowest BCUT2D eigenvalue weighted by Crippen LogP contribution is -2.20. The zero-order valence-electron chi connectivity index (χ0n) is 12.8. The topological polar surface area (TPSA) is 57.0 Å². The molecular weight excluding hydrogens is 290 g/mol. The van der Waals surface area contributed by atoms with E-state index in [1.165, 1.54) is 0 Å². The fourth-order valence-electron chi connectivity index (χ4n) is 2.22. The van der Waals surface area contributed by atoms with Crippen LogP contribution >= 0.6 is 11.6 Å². The van der Waals surface area contributed by atoms with Gasteiger partial charge in [0.1, 0.15) is 17.1 Å². The SMILES string of the molecule is COc1cc(Cl)c(C)cc1-n1nnc(C=O)c1C(C)(C)C. The monoisotopic (exact) mass is 307 g/mol. The summed E-state index contributed by atoms with van der Waals surface area (Å²) >= 11 is 6.13. The van der Waals surface area contributed by atoms with Crippen molar-refractivity contribution in [1.82, 2.24) is 15.0 Å². The number of carbonyl (C=O) groups is 1. The molecular formula is C15H18ClN3O2. The average molecular weight is 308 g/mol. The summed E-state index contributed by atoms with van der Waals surface area (Å²) in [5, 5.41) is 8.69. The number of nitrogens with zero attached hydrogens (tertiary/aromatic N) is 3. The number of carbonyl (C=O) groups excluding carboxylic acids is 1. The van der Waals surface area contributed by atoms with Crippen molar-refractivity contribution in [2.75, 3.05) is 7.11 Å². The van der Waals surface area contributed by atoms with Crippen molar-refractivity contribution in [3.63, 3.8) is 0 Å². The zero-order chi connectivity index (χ0) is 15.8. The predicted molar refractivity (Wildman–Crippen MR) is 81.7 cm³/mol. The van der Waals surface area contributed by atoms with Gasteiger partial charge in [-0.1, -0.05) is 37.6 Å². The first-order chi connectivity index (χ1) is 9.79. The van der Waals surface area contributed by atoms with Crippen LogP contribution in [0.3, 0.4) is 0 Å². The Balaban J connectivity index is 2.76. The highest BCUT2D eigenvalue weighted by atomic mass is 35.5. The largest absolute Gasteiger partial charge is 0.494 e. The minimum atomic E-state index is -0.293. The molecule has 0 bridgehead atoms. The Morgan fingerprint density at radius 1 is 1.33 bits per heavy atom. The first-order valence-electron chi connectivity index (χ1n) is 6.55. The molecule has 0 unspecified atom stereocenters. The quantitative estimate of drug-likeness (QED) is 0.816. The Labute approximate surface area is 128 Å². The number of ether oxygens (including phenoxy) is 1. The maximum atomic E-state index is 11.2. The minimum Gasteiger partial charge on any atom is -0.494 e. The molecule has 0 aliphatic carbocycles. The summed E-state index contributed by atoms with van der Waals surface area (Å²) in [6.45, 7) is 7.92. The molecule has 0 fully saturated rings. The third-order valence-corrected chi connectivity index (χ3v) is 3.61. The molecule has 21 heavy (non-hydrogen) atoms. The van der Waals surface area contributed by atoms with Crippen molar-refractivity contribution in [2.24, 2.45) is 0 Å². The fraction of sp³-hybridized carbons (Fsp3) is 0.400. The average Bonchev–Trinajstić information content (AvgIpc) is 2.85. The maximum Gasteiger partial charge on any atom is 0.172 e. The van der Waals surface area contributed by atoms with Crippen LogP contribution in [0.1, 0.15) is 42.5 Å². The second-order valence-electron chi connectivity index (χ2n) is 5.88. The molecule has 0 amide bonds. The van der Waals surface area contributed by atoms with E-state index in [1.54, 1.807) is 17.9 Å². The van der Waals surface area contributed by atoms with Crippen molar-refractivity contribution in [3.05, 3.63) is 34.1 Å². The molecule has 0 saturated heterocycles. The Morgan fingerprint density at radius 3 is 2.52 bits per heavy atom. The number of aldehydes is 1. The highest BCUT2D eigenvalue weighted by Crippen LogP contribution is 2.33. The number of aromatic nitrogens is 3. The van der Waals surface area contributed by atoms with Gasteiger partial charge in [-0.25, -0.2) is 4.68 Å². The van der Waals surface area contributed by atoms with Crippen molar-refractivity contribution in [2.45, 2.75) is 33.1 Å². The lowest BCUT2D eigenvalue weighted by atomic mass is 9.90. The summed E-state index contributed by atoms with van der Waals surface area (Å²) in [4.78, 5) is 11.2. The van der Waals surface area contributed by atoms with Crippen LogP contribution in [-0.2, 0) is 5.41 Å². The standard InChI is InChI=1S/C15H18ClN3O2/c1-9-6-12(13(21-5)7-10(9)16)19-14(15(2,3)4)11(8-20)17-18-19/h6-8H,1-5H3. The van der Waals surface area contributed by atoms with Crippen LogP contribution < -0.4 is 4.74 Å².